The number of nitrogens with two attached hydrogens (primary N) is 1. The van der Waals surface area contributed by atoms with Gasteiger partial charge in [-0.05, 0) is 63.8 Å². The van der Waals surface area contributed by atoms with Gasteiger partial charge in [0.1, 0.15) is 0 Å². The van der Waals surface area contributed by atoms with Crippen molar-refractivity contribution in [1.29, 1.82) is 0 Å². The van der Waals surface area contributed by atoms with E-state index < -0.39 is 0 Å². The van der Waals surface area contributed by atoms with Crippen LogP contribution in [0.5, 0.6) is 0 Å². The van der Waals surface area contributed by atoms with Crippen LogP contribution in [0.25, 0.3) is 10.9 Å². The topological polar surface area (TPSA) is 68.0 Å². The Morgan fingerprint density at radius 2 is 2.04 bits per heavy atom. The summed E-state index contributed by atoms with van der Waals surface area (Å²) < 4.78 is 0. The summed E-state index contributed by atoms with van der Waals surface area (Å²) in [6.45, 7) is 5.47. The summed E-state index contributed by atoms with van der Waals surface area (Å²) in [4.78, 5) is 17.5. The lowest BCUT2D eigenvalue weighted by Crippen LogP contribution is -2.25. The maximum atomic E-state index is 12.7. The Kier molecular flexibility index (Phi) is 4.62. The van der Waals surface area contributed by atoms with Crippen LogP contribution in [0, 0.1) is 13.8 Å². The number of pyridine rings is 1. The molecule has 2 aromatic rings. The zero-order valence-electron chi connectivity index (χ0n) is 14.0. The Bertz CT molecular complexity index is 735. The first-order valence-electron chi connectivity index (χ1n) is 8.50. The summed E-state index contributed by atoms with van der Waals surface area (Å²) >= 11 is 0. The highest BCUT2D eigenvalue weighted by molar-refractivity contribution is 6.07. The van der Waals surface area contributed by atoms with E-state index in [0.717, 1.165) is 46.1 Å². The average molecular weight is 311 g/mol. The minimum absolute atomic E-state index is 0.00122. The fourth-order valence-electron chi connectivity index (χ4n) is 3.04. The fourth-order valence-corrected chi connectivity index (χ4v) is 3.04. The van der Waals surface area contributed by atoms with Crippen molar-refractivity contribution in [3.05, 3.63) is 40.6 Å². The van der Waals surface area contributed by atoms with Gasteiger partial charge in [-0.3, -0.25) is 9.78 Å². The van der Waals surface area contributed by atoms with Gasteiger partial charge in [-0.15, -0.1) is 0 Å². The molecule has 4 heteroatoms. The number of rotatable bonds is 6. The van der Waals surface area contributed by atoms with Crippen LogP contribution < -0.4 is 11.1 Å². The number of carbonyl (C=O) groups excluding carboxylic acids is 1. The van der Waals surface area contributed by atoms with Crippen molar-refractivity contribution in [3.63, 3.8) is 0 Å². The fraction of sp³-hybridized carbons (Fsp3) is 0.474. The van der Waals surface area contributed by atoms with Gasteiger partial charge in [0.05, 0.1) is 11.1 Å². The van der Waals surface area contributed by atoms with E-state index >= 15 is 0 Å². The molecule has 1 aliphatic rings. The van der Waals surface area contributed by atoms with Crippen LogP contribution in [0.1, 0.15) is 58.8 Å². The van der Waals surface area contributed by atoms with Gasteiger partial charge < -0.3 is 11.1 Å². The van der Waals surface area contributed by atoms with Crippen molar-refractivity contribution < 1.29 is 4.79 Å². The number of aromatic nitrogens is 1. The quantitative estimate of drug-likeness (QED) is 0.805. The van der Waals surface area contributed by atoms with Crippen LogP contribution in [0.4, 0.5) is 0 Å². The largest absolute Gasteiger partial charge is 0.352 e. The Hall–Kier alpha value is -1.94. The highest BCUT2D eigenvalue weighted by Gasteiger charge is 2.27. The van der Waals surface area contributed by atoms with Gasteiger partial charge in [0.25, 0.3) is 5.91 Å². The van der Waals surface area contributed by atoms with E-state index in [1.54, 1.807) is 0 Å². The SMILES string of the molecule is Cc1cc(C)c2nc(C3CC3)cc(C(=O)NCCCCN)c2c1. The van der Waals surface area contributed by atoms with Crippen LogP contribution >= 0.6 is 0 Å². The first-order valence-corrected chi connectivity index (χ1v) is 8.50. The molecule has 23 heavy (non-hydrogen) atoms. The predicted molar refractivity (Wildman–Crippen MR) is 93.8 cm³/mol. The second-order valence-electron chi connectivity index (χ2n) is 6.60. The van der Waals surface area contributed by atoms with Crippen LogP contribution in [-0.2, 0) is 0 Å². The van der Waals surface area contributed by atoms with Gasteiger partial charge >= 0.3 is 0 Å². The summed E-state index contributed by atoms with van der Waals surface area (Å²) in [5.41, 5.74) is 10.6. The first-order chi connectivity index (χ1) is 11.1. The van der Waals surface area contributed by atoms with Gasteiger partial charge in [0.15, 0.2) is 0 Å². The van der Waals surface area contributed by atoms with Crippen molar-refractivity contribution in [2.75, 3.05) is 13.1 Å². The highest BCUT2D eigenvalue weighted by atomic mass is 16.1. The molecule has 1 aliphatic carbocycles. The number of aryl methyl sites for hydroxylation is 2. The third-order valence-electron chi connectivity index (χ3n) is 4.42. The van der Waals surface area contributed by atoms with Crippen molar-refractivity contribution >= 4 is 16.8 Å². The molecule has 1 heterocycles. The number of benzene rings is 1. The Labute approximate surface area is 137 Å². The van der Waals surface area contributed by atoms with Crippen molar-refractivity contribution in [2.45, 2.75) is 45.4 Å². The Morgan fingerprint density at radius 1 is 1.26 bits per heavy atom. The van der Waals surface area contributed by atoms with E-state index in [0.29, 0.717) is 19.0 Å². The molecule has 3 N–H and O–H groups in total. The van der Waals surface area contributed by atoms with E-state index in [9.17, 15) is 4.79 Å². The van der Waals surface area contributed by atoms with Crippen LogP contribution in [0.3, 0.4) is 0 Å². The van der Waals surface area contributed by atoms with Crippen molar-refractivity contribution in [2.24, 2.45) is 5.73 Å². The number of unbranched alkanes of at least 4 members (excludes halogenated alkanes) is 1. The molecule has 1 saturated carbocycles. The molecule has 0 radical (unpaired) electrons. The molecule has 3 rings (SSSR count). The van der Waals surface area contributed by atoms with Crippen molar-refractivity contribution in [1.82, 2.24) is 10.3 Å². The molecule has 0 unspecified atom stereocenters. The number of nitrogens with zero attached hydrogens (tertiary/aromatic N) is 1. The number of fused-ring (bicyclic) bond motifs is 1. The summed E-state index contributed by atoms with van der Waals surface area (Å²) in [5, 5.41) is 3.99. The maximum absolute atomic E-state index is 12.7. The normalized spacial score (nSPS) is 14.2. The average Bonchev–Trinajstić information content (AvgIpc) is 3.35. The summed E-state index contributed by atoms with van der Waals surface area (Å²) in [7, 11) is 0. The lowest BCUT2D eigenvalue weighted by Gasteiger charge is -2.12. The number of carbonyl (C=O) groups is 1. The standard InChI is InChI=1S/C19H25N3O/c1-12-9-13(2)18-15(10-12)16(11-17(22-18)14-5-6-14)19(23)21-8-4-3-7-20/h9-11,14H,3-8,20H2,1-2H3,(H,21,23). The molecule has 1 aromatic heterocycles. The monoisotopic (exact) mass is 311 g/mol. The summed E-state index contributed by atoms with van der Waals surface area (Å²) in [6, 6.07) is 6.20. The number of nitrogens with one attached hydrogen (secondary N) is 1. The molecule has 1 fully saturated rings. The molecule has 0 spiro atoms. The highest BCUT2D eigenvalue weighted by Crippen LogP contribution is 2.40. The molecule has 0 saturated heterocycles. The molecule has 4 nitrogen and oxygen atoms in total. The molecular weight excluding hydrogens is 286 g/mol. The molecule has 122 valence electrons. The molecule has 0 bridgehead atoms. The third-order valence-corrected chi connectivity index (χ3v) is 4.42. The molecule has 1 aromatic carbocycles. The molecule has 0 atom stereocenters. The van der Waals surface area contributed by atoms with Crippen LogP contribution in [-0.4, -0.2) is 24.0 Å². The zero-order chi connectivity index (χ0) is 16.4. The van der Waals surface area contributed by atoms with Crippen molar-refractivity contribution in [3.8, 4) is 0 Å². The Balaban J connectivity index is 1.97. The zero-order valence-corrected chi connectivity index (χ0v) is 14.0. The van der Waals surface area contributed by atoms with E-state index in [4.69, 9.17) is 10.7 Å². The minimum atomic E-state index is 0.00122. The lowest BCUT2D eigenvalue weighted by atomic mass is 10.00. The van der Waals surface area contributed by atoms with Gasteiger partial charge in [-0.2, -0.15) is 0 Å². The van der Waals surface area contributed by atoms with Gasteiger partial charge in [0, 0.05) is 23.5 Å². The summed E-state index contributed by atoms with van der Waals surface area (Å²) in [5.74, 6) is 0.533. The third kappa shape index (κ3) is 3.53. The maximum Gasteiger partial charge on any atom is 0.252 e. The summed E-state index contributed by atoms with van der Waals surface area (Å²) in [6.07, 6.45) is 4.21. The van der Waals surface area contributed by atoms with Gasteiger partial charge in [-0.25, -0.2) is 0 Å². The first kappa shape index (κ1) is 15.9. The number of hydrogen-bond donors (Lipinski definition) is 2. The molecular formula is C19H25N3O. The number of hydrogen-bond acceptors (Lipinski definition) is 3. The van der Waals surface area contributed by atoms with E-state index in [1.807, 2.05) is 6.07 Å². The smallest absolute Gasteiger partial charge is 0.252 e. The second kappa shape index (κ2) is 6.67. The van der Waals surface area contributed by atoms with E-state index in [-0.39, 0.29) is 5.91 Å². The van der Waals surface area contributed by atoms with Gasteiger partial charge in [-0.1, -0.05) is 11.6 Å². The van der Waals surface area contributed by atoms with Gasteiger partial charge in [0.2, 0.25) is 0 Å². The van der Waals surface area contributed by atoms with E-state index in [2.05, 4.69) is 31.3 Å². The predicted octanol–water partition coefficient (Wildman–Crippen LogP) is 3.20. The lowest BCUT2D eigenvalue weighted by molar-refractivity contribution is 0.0954. The van der Waals surface area contributed by atoms with Crippen LogP contribution in [0.15, 0.2) is 18.2 Å². The second-order valence-corrected chi connectivity index (χ2v) is 6.60. The molecule has 1 amide bonds. The molecule has 0 aliphatic heterocycles. The Morgan fingerprint density at radius 3 is 2.74 bits per heavy atom. The van der Waals surface area contributed by atoms with Crippen LogP contribution in [0.2, 0.25) is 0 Å². The number of amides is 1. The minimum Gasteiger partial charge on any atom is -0.352 e. The van der Waals surface area contributed by atoms with E-state index in [1.165, 1.54) is 12.8 Å².